The van der Waals surface area contributed by atoms with Gasteiger partial charge in [-0.25, -0.2) is 9.78 Å². The Bertz CT molecular complexity index is 548. The molecule has 0 aliphatic rings. The summed E-state index contributed by atoms with van der Waals surface area (Å²) in [7, 11) is 0. The zero-order chi connectivity index (χ0) is 11.7. The fraction of sp³-hybridized carbons (Fsp3) is 0.273. The second-order valence-electron chi connectivity index (χ2n) is 3.52. The largest absolute Gasteiger partial charge is 0.476 e. The zero-order valence-electron chi connectivity index (χ0n) is 9.10. The first kappa shape index (κ1) is 11.0. The monoisotopic (exact) mass is 236 g/mol. The van der Waals surface area contributed by atoms with Crippen molar-refractivity contribution in [3.8, 4) is 0 Å². The van der Waals surface area contributed by atoms with Crippen LogP contribution in [0.3, 0.4) is 0 Å². The maximum Gasteiger partial charge on any atom is 0.356 e. The van der Waals surface area contributed by atoms with Crippen LogP contribution in [-0.2, 0) is 5.75 Å². The highest BCUT2D eigenvalue weighted by molar-refractivity contribution is 7.97. The number of nitrogens with zero attached hydrogens (tertiary/aromatic N) is 2. The number of carboxylic acids is 1. The summed E-state index contributed by atoms with van der Waals surface area (Å²) in [6.45, 7) is 1.90. The average Bonchev–Trinajstić information content (AvgIpc) is 2.60. The summed E-state index contributed by atoms with van der Waals surface area (Å²) >= 11 is 1.62. The van der Waals surface area contributed by atoms with Crippen LogP contribution in [-0.4, -0.2) is 26.7 Å². The zero-order valence-corrected chi connectivity index (χ0v) is 9.91. The predicted molar refractivity (Wildman–Crippen MR) is 64.1 cm³/mol. The lowest BCUT2D eigenvalue weighted by Gasteiger charge is -2.01. The van der Waals surface area contributed by atoms with Crippen LogP contribution >= 0.6 is 11.8 Å². The molecule has 0 radical (unpaired) electrons. The average molecular weight is 236 g/mol. The number of pyridine rings is 1. The number of imidazole rings is 1. The number of aromatic carboxylic acids is 1. The summed E-state index contributed by atoms with van der Waals surface area (Å²) in [6.07, 6.45) is 3.82. The molecule has 16 heavy (non-hydrogen) atoms. The second-order valence-corrected chi connectivity index (χ2v) is 4.39. The molecule has 0 bridgehead atoms. The molecule has 0 aliphatic heterocycles. The molecule has 0 unspecified atom stereocenters. The molecular formula is C11H12N2O2S. The van der Waals surface area contributed by atoms with E-state index in [9.17, 15) is 4.79 Å². The van der Waals surface area contributed by atoms with E-state index >= 15 is 0 Å². The van der Waals surface area contributed by atoms with E-state index in [1.807, 2.05) is 35.9 Å². The first-order valence-electron chi connectivity index (χ1n) is 4.84. The maximum absolute atomic E-state index is 11.1. The Morgan fingerprint density at radius 3 is 3.00 bits per heavy atom. The van der Waals surface area contributed by atoms with E-state index in [0.29, 0.717) is 11.3 Å². The summed E-state index contributed by atoms with van der Waals surface area (Å²) in [6, 6.07) is 3.80. The van der Waals surface area contributed by atoms with E-state index in [4.69, 9.17) is 5.11 Å². The van der Waals surface area contributed by atoms with E-state index in [2.05, 4.69) is 4.98 Å². The molecule has 0 amide bonds. The number of aryl methyl sites for hydroxylation is 1. The van der Waals surface area contributed by atoms with Gasteiger partial charge in [-0.3, -0.25) is 0 Å². The third-order valence-electron chi connectivity index (χ3n) is 2.42. The molecule has 4 nitrogen and oxygen atoms in total. The molecule has 0 spiro atoms. The highest BCUT2D eigenvalue weighted by Crippen LogP contribution is 2.19. The van der Waals surface area contributed by atoms with Gasteiger partial charge in [0.2, 0.25) is 0 Å². The number of hydrogen-bond acceptors (Lipinski definition) is 3. The Morgan fingerprint density at radius 2 is 2.38 bits per heavy atom. The van der Waals surface area contributed by atoms with Gasteiger partial charge in [-0.2, -0.15) is 11.8 Å². The van der Waals surface area contributed by atoms with E-state index in [0.717, 1.165) is 11.4 Å². The number of carbonyl (C=O) groups is 1. The Morgan fingerprint density at radius 1 is 1.62 bits per heavy atom. The van der Waals surface area contributed by atoms with Crippen LogP contribution in [0.5, 0.6) is 0 Å². The molecule has 5 heteroatoms. The van der Waals surface area contributed by atoms with Crippen LogP contribution in [0, 0.1) is 6.92 Å². The highest BCUT2D eigenvalue weighted by atomic mass is 32.2. The van der Waals surface area contributed by atoms with Crippen molar-refractivity contribution in [2.24, 2.45) is 0 Å². The summed E-state index contributed by atoms with van der Waals surface area (Å²) in [5.41, 5.74) is 1.76. The van der Waals surface area contributed by atoms with Crippen molar-refractivity contribution in [3.05, 3.63) is 35.4 Å². The van der Waals surface area contributed by atoms with Gasteiger partial charge in [0, 0.05) is 6.20 Å². The molecule has 2 rings (SSSR count). The number of carboxylic acid groups (broad SMARTS) is 1. The smallest absolute Gasteiger partial charge is 0.356 e. The van der Waals surface area contributed by atoms with E-state index in [-0.39, 0.29) is 5.69 Å². The van der Waals surface area contributed by atoms with Crippen LogP contribution in [0.25, 0.3) is 5.52 Å². The summed E-state index contributed by atoms with van der Waals surface area (Å²) in [5, 5.41) is 9.11. The lowest BCUT2D eigenvalue weighted by Crippen LogP contribution is -1.98. The SMILES string of the molecule is CSCc1nc(C(=O)O)c2c(C)cccn12. The fourth-order valence-corrected chi connectivity index (χ4v) is 2.21. The molecule has 0 atom stereocenters. The summed E-state index contributed by atoms with van der Waals surface area (Å²) in [5.74, 6) is 0.514. The minimum absolute atomic E-state index is 0.141. The number of aromatic nitrogens is 2. The molecule has 2 aromatic rings. The molecule has 2 heterocycles. The minimum Gasteiger partial charge on any atom is -0.476 e. The van der Waals surface area contributed by atoms with Crippen molar-refractivity contribution in [1.29, 1.82) is 0 Å². The second kappa shape index (κ2) is 4.17. The molecular weight excluding hydrogens is 224 g/mol. The topological polar surface area (TPSA) is 54.6 Å². The first-order chi connectivity index (χ1) is 7.65. The number of rotatable bonds is 3. The number of thioether (sulfide) groups is 1. The Hall–Kier alpha value is -1.49. The summed E-state index contributed by atoms with van der Waals surface area (Å²) < 4.78 is 1.86. The molecule has 84 valence electrons. The molecule has 2 aromatic heterocycles. The Kier molecular flexibility index (Phi) is 2.87. The van der Waals surface area contributed by atoms with Crippen molar-refractivity contribution in [1.82, 2.24) is 9.38 Å². The summed E-state index contributed by atoms with van der Waals surface area (Å²) in [4.78, 5) is 15.3. The van der Waals surface area contributed by atoms with Crippen LogP contribution in [0.4, 0.5) is 0 Å². The quantitative estimate of drug-likeness (QED) is 0.887. The fourth-order valence-electron chi connectivity index (χ4n) is 1.75. The lowest BCUT2D eigenvalue weighted by atomic mass is 10.2. The predicted octanol–water partition coefficient (Wildman–Crippen LogP) is 2.20. The molecule has 1 N–H and O–H groups in total. The van der Waals surface area contributed by atoms with Crippen molar-refractivity contribution in [3.63, 3.8) is 0 Å². The van der Waals surface area contributed by atoms with Crippen LogP contribution in [0.2, 0.25) is 0 Å². The third kappa shape index (κ3) is 1.67. The van der Waals surface area contributed by atoms with Crippen molar-refractivity contribution in [2.75, 3.05) is 6.26 Å². The molecule has 0 aliphatic carbocycles. The van der Waals surface area contributed by atoms with Crippen LogP contribution < -0.4 is 0 Å². The van der Waals surface area contributed by atoms with E-state index < -0.39 is 5.97 Å². The number of fused-ring (bicyclic) bond motifs is 1. The van der Waals surface area contributed by atoms with Crippen molar-refractivity contribution in [2.45, 2.75) is 12.7 Å². The Labute approximate surface area is 97.3 Å². The van der Waals surface area contributed by atoms with Gasteiger partial charge in [0.1, 0.15) is 5.82 Å². The molecule has 0 aromatic carbocycles. The van der Waals surface area contributed by atoms with Gasteiger partial charge in [-0.1, -0.05) is 6.07 Å². The van der Waals surface area contributed by atoms with Crippen LogP contribution in [0.1, 0.15) is 21.9 Å². The molecule has 0 saturated carbocycles. The standard InChI is InChI=1S/C11H12N2O2S/c1-7-4-3-5-13-8(6-16-2)12-9(10(7)13)11(14)15/h3-5H,6H2,1-2H3,(H,14,15). The van der Waals surface area contributed by atoms with Gasteiger partial charge < -0.3 is 9.51 Å². The maximum atomic E-state index is 11.1. The van der Waals surface area contributed by atoms with Gasteiger partial charge in [-0.05, 0) is 24.8 Å². The molecule has 0 fully saturated rings. The van der Waals surface area contributed by atoms with Gasteiger partial charge >= 0.3 is 5.97 Å². The molecule has 0 saturated heterocycles. The van der Waals surface area contributed by atoms with Gasteiger partial charge in [0.15, 0.2) is 5.69 Å². The van der Waals surface area contributed by atoms with Gasteiger partial charge in [-0.15, -0.1) is 0 Å². The van der Waals surface area contributed by atoms with Crippen molar-refractivity contribution >= 4 is 23.2 Å². The Balaban J connectivity index is 2.76. The van der Waals surface area contributed by atoms with E-state index in [1.54, 1.807) is 11.8 Å². The van der Waals surface area contributed by atoms with Crippen LogP contribution in [0.15, 0.2) is 18.3 Å². The van der Waals surface area contributed by atoms with Crippen molar-refractivity contribution < 1.29 is 9.90 Å². The lowest BCUT2D eigenvalue weighted by molar-refractivity contribution is 0.0693. The van der Waals surface area contributed by atoms with Gasteiger partial charge in [0.05, 0.1) is 11.3 Å². The third-order valence-corrected chi connectivity index (χ3v) is 2.96. The first-order valence-corrected chi connectivity index (χ1v) is 6.23. The minimum atomic E-state index is -0.973. The van der Waals surface area contributed by atoms with Gasteiger partial charge in [0.25, 0.3) is 0 Å². The normalized spacial score (nSPS) is 10.9. The highest BCUT2D eigenvalue weighted by Gasteiger charge is 2.17. The van der Waals surface area contributed by atoms with E-state index in [1.165, 1.54) is 0 Å². The number of hydrogen-bond donors (Lipinski definition) is 1.